The summed E-state index contributed by atoms with van der Waals surface area (Å²) in [6, 6.07) is 0.511. The molecule has 4 nitrogen and oxygen atoms in total. The van der Waals surface area contributed by atoms with Crippen LogP contribution < -0.4 is 10.0 Å². The predicted molar refractivity (Wildman–Crippen MR) is 76.1 cm³/mol. The molecule has 0 bridgehead atoms. The molecule has 0 unspecified atom stereocenters. The van der Waals surface area contributed by atoms with E-state index in [9.17, 15) is 8.42 Å². The Bertz CT molecular complexity index is 320. The van der Waals surface area contributed by atoms with Crippen LogP contribution in [0.25, 0.3) is 0 Å². The molecule has 1 aliphatic carbocycles. The van der Waals surface area contributed by atoms with E-state index < -0.39 is 10.0 Å². The van der Waals surface area contributed by atoms with Gasteiger partial charge in [-0.3, -0.25) is 0 Å². The molecule has 108 valence electrons. The molecule has 2 N–H and O–H groups in total. The van der Waals surface area contributed by atoms with Gasteiger partial charge in [0.15, 0.2) is 0 Å². The van der Waals surface area contributed by atoms with Gasteiger partial charge < -0.3 is 5.32 Å². The van der Waals surface area contributed by atoms with E-state index in [1.165, 1.54) is 25.7 Å². The molecule has 1 rings (SSSR count). The third-order valence-electron chi connectivity index (χ3n) is 3.88. The van der Waals surface area contributed by atoms with E-state index in [1.54, 1.807) is 6.92 Å². The predicted octanol–water partition coefficient (Wildman–Crippen LogP) is 1.73. The van der Waals surface area contributed by atoms with Crippen LogP contribution in [-0.2, 0) is 10.0 Å². The maximum absolute atomic E-state index is 11.5. The Morgan fingerprint density at radius 1 is 1.17 bits per heavy atom. The number of hydrogen-bond acceptors (Lipinski definition) is 3. The first-order valence-electron chi connectivity index (χ1n) is 7.15. The van der Waals surface area contributed by atoms with Crippen molar-refractivity contribution in [2.45, 2.75) is 52.5 Å². The highest BCUT2D eigenvalue weighted by atomic mass is 32.2. The number of rotatable bonds is 7. The average Bonchev–Trinajstić information content (AvgIpc) is 2.29. The van der Waals surface area contributed by atoms with Crippen molar-refractivity contribution in [1.82, 2.24) is 10.0 Å². The molecular weight excluding hydrogens is 248 g/mol. The third kappa shape index (κ3) is 5.67. The van der Waals surface area contributed by atoms with Crippen molar-refractivity contribution < 1.29 is 8.42 Å². The van der Waals surface area contributed by atoms with Gasteiger partial charge in [-0.15, -0.1) is 0 Å². The molecule has 0 radical (unpaired) electrons. The Morgan fingerprint density at radius 3 is 2.28 bits per heavy atom. The van der Waals surface area contributed by atoms with Crippen LogP contribution in [0.15, 0.2) is 0 Å². The lowest BCUT2D eigenvalue weighted by Gasteiger charge is -2.31. The molecule has 0 aromatic rings. The fourth-order valence-corrected chi connectivity index (χ4v) is 3.65. The lowest BCUT2D eigenvalue weighted by Crippen LogP contribution is -2.38. The van der Waals surface area contributed by atoms with Crippen LogP contribution in [0.1, 0.15) is 46.5 Å². The zero-order valence-electron chi connectivity index (χ0n) is 11.9. The molecule has 18 heavy (non-hydrogen) atoms. The van der Waals surface area contributed by atoms with Gasteiger partial charge in [-0.25, -0.2) is 13.1 Å². The average molecular weight is 276 g/mol. The minimum Gasteiger partial charge on any atom is -0.313 e. The molecule has 0 aliphatic heterocycles. The largest absolute Gasteiger partial charge is 0.313 e. The maximum atomic E-state index is 11.5. The Hall–Kier alpha value is -0.130. The molecule has 0 amide bonds. The van der Waals surface area contributed by atoms with Gasteiger partial charge >= 0.3 is 0 Å². The highest BCUT2D eigenvalue weighted by Crippen LogP contribution is 2.29. The monoisotopic (exact) mass is 276 g/mol. The Balaban J connectivity index is 2.19. The summed E-state index contributed by atoms with van der Waals surface area (Å²) in [5.74, 6) is 1.82. The normalized spacial score (nSPS) is 25.6. The third-order valence-corrected chi connectivity index (χ3v) is 5.35. The molecule has 1 saturated carbocycles. The summed E-state index contributed by atoms with van der Waals surface area (Å²) < 4.78 is 25.4. The van der Waals surface area contributed by atoms with Crippen molar-refractivity contribution in [3.8, 4) is 0 Å². The number of nitrogens with one attached hydrogen (secondary N) is 2. The van der Waals surface area contributed by atoms with Crippen molar-refractivity contribution in [3.05, 3.63) is 0 Å². The number of hydrogen-bond donors (Lipinski definition) is 2. The summed E-state index contributed by atoms with van der Waals surface area (Å²) in [4.78, 5) is 0. The summed E-state index contributed by atoms with van der Waals surface area (Å²) in [7, 11) is -3.07. The van der Waals surface area contributed by atoms with Gasteiger partial charge in [-0.2, -0.15) is 0 Å². The van der Waals surface area contributed by atoms with Crippen LogP contribution in [0.5, 0.6) is 0 Å². The topological polar surface area (TPSA) is 58.2 Å². The molecule has 0 heterocycles. The van der Waals surface area contributed by atoms with Gasteiger partial charge in [0.2, 0.25) is 10.0 Å². The Kier molecular flexibility index (Phi) is 6.60. The second-order valence-corrected chi connectivity index (χ2v) is 7.55. The van der Waals surface area contributed by atoms with Crippen molar-refractivity contribution >= 4 is 10.0 Å². The van der Waals surface area contributed by atoms with Gasteiger partial charge in [-0.05, 0) is 37.5 Å². The van der Waals surface area contributed by atoms with E-state index in [4.69, 9.17) is 0 Å². The molecule has 5 heteroatoms. The molecule has 0 aromatic heterocycles. The van der Waals surface area contributed by atoms with Gasteiger partial charge in [0.05, 0.1) is 5.75 Å². The molecule has 0 atom stereocenters. The second kappa shape index (κ2) is 7.46. The van der Waals surface area contributed by atoms with Crippen LogP contribution >= 0.6 is 0 Å². The first-order chi connectivity index (χ1) is 8.44. The summed E-state index contributed by atoms with van der Waals surface area (Å²) in [5.41, 5.74) is 0. The molecule has 0 saturated heterocycles. The van der Waals surface area contributed by atoms with Gasteiger partial charge in [0, 0.05) is 19.1 Å². The molecule has 0 aromatic carbocycles. The van der Waals surface area contributed by atoms with Crippen molar-refractivity contribution in [1.29, 1.82) is 0 Å². The fraction of sp³-hybridized carbons (Fsp3) is 1.00. The maximum Gasteiger partial charge on any atom is 0.212 e. The number of sulfonamides is 1. The van der Waals surface area contributed by atoms with E-state index in [0.717, 1.165) is 11.8 Å². The lowest BCUT2D eigenvalue weighted by molar-refractivity contribution is 0.240. The summed E-state index contributed by atoms with van der Waals surface area (Å²) in [6.45, 7) is 7.43. The van der Waals surface area contributed by atoms with Gasteiger partial charge in [0.1, 0.15) is 0 Å². The Morgan fingerprint density at radius 2 is 1.78 bits per heavy atom. The van der Waals surface area contributed by atoms with Crippen LogP contribution in [0.4, 0.5) is 0 Å². The molecule has 0 spiro atoms. The van der Waals surface area contributed by atoms with E-state index in [2.05, 4.69) is 23.9 Å². The zero-order chi connectivity index (χ0) is 13.6. The van der Waals surface area contributed by atoms with Crippen molar-refractivity contribution in [2.75, 3.05) is 18.8 Å². The quantitative estimate of drug-likeness (QED) is 0.744. The standard InChI is InChI=1S/C13H28N2O2S/c1-4-15-18(16,17)10-9-14-13-7-5-12(6-8-13)11(2)3/h11-15H,4-10H2,1-3H3. The van der Waals surface area contributed by atoms with Crippen molar-refractivity contribution in [2.24, 2.45) is 11.8 Å². The summed E-state index contributed by atoms with van der Waals surface area (Å²) in [5, 5.41) is 3.38. The molecule has 1 fully saturated rings. The highest BCUT2D eigenvalue weighted by molar-refractivity contribution is 7.89. The SMILES string of the molecule is CCNS(=O)(=O)CCNC1CCC(C(C)C)CC1. The fourth-order valence-electron chi connectivity index (χ4n) is 2.68. The molecular formula is C13H28N2O2S. The van der Waals surface area contributed by atoms with Gasteiger partial charge in [0.25, 0.3) is 0 Å². The lowest BCUT2D eigenvalue weighted by atomic mass is 9.80. The van der Waals surface area contributed by atoms with Crippen LogP contribution in [0.3, 0.4) is 0 Å². The van der Waals surface area contributed by atoms with Crippen LogP contribution in [-0.4, -0.2) is 33.3 Å². The summed E-state index contributed by atoms with van der Waals surface area (Å²) in [6.07, 6.45) is 4.92. The van der Waals surface area contributed by atoms with Crippen LogP contribution in [0, 0.1) is 11.8 Å². The van der Waals surface area contributed by atoms with E-state index in [-0.39, 0.29) is 5.75 Å². The minimum absolute atomic E-state index is 0.185. The van der Waals surface area contributed by atoms with E-state index >= 15 is 0 Å². The second-order valence-electron chi connectivity index (χ2n) is 5.63. The first kappa shape index (κ1) is 15.9. The summed E-state index contributed by atoms with van der Waals surface area (Å²) >= 11 is 0. The van der Waals surface area contributed by atoms with Gasteiger partial charge in [-0.1, -0.05) is 20.8 Å². The molecule has 1 aliphatic rings. The van der Waals surface area contributed by atoms with E-state index in [0.29, 0.717) is 19.1 Å². The smallest absolute Gasteiger partial charge is 0.212 e. The van der Waals surface area contributed by atoms with Crippen LogP contribution in [0.2, 0.25) is 0 Å². The van der Waals surface area contributed by atoms with E-state index in [1.807, 2.05) is 0 Å². The zero-order valence-corrected chi connectivity index (χ0v) is 12.7. The van der Waals surface area contributed by atoms with Crippen molar-refractivity contribution in [3.63, 3.8) is 0 Å². The Labute approximate surface area is 112 Å². The first-order valence-corrected chi connectivity index (χ1v) is 8.80. The highest BCUT2D eigenvalue weighted by Gasteiger charge is 2.23. The minimum atomic E-state index is -3.07.